The van der Waals surface area contributed by atoms with E-state index in [9.17, 15) is 19.2 Å². The van der Waals surface area contributed by atoms with Gasteiger partial charge >= 0.3 is 23.9 Å². The summed E-state index contributed by atoms with van der Waals surface area (Å²) in [6, 6.07) is -0.455. The average molecular weight is 1160 g/mol. The highest BCUT2D eigenvalue weighted by Gasteiger charge is 2.40. The Morgan fingerprint density at radius 1 is 0.427 bits per heavy atom. The van der Waals surface area contributed by atoms with Crippen LogP contribution in [-0.2, 0) is 42.9 Å². The van der Waals surface area contributed by atoms with Gasteiger partial charge in [-0.25, -0.2) is 0 Å². The van der Waals surface area contributed by atoms with Crippen LogP contribution in [0.5, 0.6) is 0 Å². The van der Waals surface area contributed by atoms with Crippen molar-refractivity contribution in [1.82, 2.24) is 9.80 Å². The Morgan fingerprint density at radius 2 is 0.841 bits per heavy atom. The van der Waals surface area contributed by atoms with Gasteiger partial charge in [0.1, 0.15) is 12.1 Å². The fourth-order valence-corrected chi connectivity index (χ4v) is 12.4. The van der Waals surface area contributed by atoms with Crippen LogP contribution in [0.2, 0.25) is 0 Å². The van der Waals surface area contributed by atoms with Gasteiger partial charge < -0.3 is 28.6 Å². The summed E-state index contributed by atoms with van der Waals surface area (Å²) in [4.78, 5) is 57.6. The minimum absolute atomic E-state index is 0.109. The largest absolute Gasteiger partial charge is 0.466 e. The van der Waals surface area contributed by atoms with Gasteiger partial charge in [-0.15, -0.1) is 0 Å². The maximum atomic E-state index is 14.0. The van der Waals surface area contributed by atoms with Gasteiger partial charge in [0.2, 0.25) is 5.79 Å². The molecule has 0 radical (unpaired) electrons. The van der Waals surface area contributed by atoms with Crippen molar-refractivity contribution in [3.63, 3.8) is 0 Å². The van der Waals surface area contributed by atoms with Crippen LogP contribution in [0.1, 0.15) is 362 Å². The summed E-state index contributed by atoms with van der Waals surface area (Å²) in [7, 11) is 0. The molecular weight excluding hydrogens is 1020 g/mol. The Bertz CT molecular complexity index is 1460. The molecule has 482 valence electrons. The van der Waals surface area contributed by atoms with E-state index in [2.05, 4.69) is 44.4 Å². The van der Waals surface area contributed by atoms with E-state index in [1.807, 2.05) is 0 Å². The monoisotopic (exact) mass is 1160 g/mol. The molecular formula is C71H134N2O9. The highest BCUT2D eigenvalue weighted by atomic mass is 16.7. The Kier molecular flexibility index (Phi) is 50.1. The first-order valence-corrected chi connectivity index (χ1v) is 36.1. The van der Waals surface area contributed by atoms with E-state index < -0.39 is 11.8 Å². The maximum absolute atomic E-state index is 14.0. The molecule has 0 bridgehead atoms. The van der Waals surface area contributed by atoms with Crippen LogP contribution in [0.25, 0.3) is 0 Å². The van der Waals surface area contributed by atoms with Gasteiger partial charge in [-0.3, -0.25) is 24.1 Å². The number of unbranched alkanes of at least 4 members (excludes halogenated alkanes) is 34. The van der Waals surface area contributed by atoms with E-state index >= 15 is 0 Å². The second kappa shape index (κ2) is 54.2. The smallest absolute Gasteiger partial charge is 0.323 e. The van der Waals surface area contributed by atoms with Crippen LogP contribution in [0, 0.1) is 0 Å². The van der Waals surface area contributed by atoms with Crippen molar-refractivity contribution < 1.29 is 42.9 Å². The van der Waals surface area contributed by atoms with Gasteiger partial charge in [0.25, 0.3) is 0 Å². The van der Waals surface area contributed by atoms with Crippen molar-refractivity contribution >= 4 is 23.9 Å². The van der Waals surface area contributed by atoms with Crippen molar-refractivity contribution in [2.75, 3.05) is 45.9 Å². The molecule has 0 amide bonds. The number of nitrogens with zero attached hydrogens (tertiary/aromatic N) is 2. The number of carbonyl (C=O) groups excluding carboxylic acids is 4. The summed E-state index contributed by atoms with van der Waals surface area (Å²) < 4.78 is 31.5. The van der Waals surface area contributed by atoms with Gasteiger partial charge in [-0.1, -0.05) is 253 Å². The quantitative estimate of drug-likeness (QED) is 0.0250. The first kappa shape index (κ1) is 75.9. The number of esters is 4. The Labute approximate surface area is 506 Å². The van der Waals surface area contributed by atoms with Crippen molar-refractivity contribution in [1.29, 1.82) is 0 Å². The van der Waals surface area contributed by atoms with Crippen LogP contribution in [0.15, 0.2) is 0 Å². The summed E-state index contributed by atoms with van der Waals surface area (Å²) in [5, 5.41) is 0. The van der Waals surface area contributed by atoms with Crippen LogP contribution in [0.4, 0.5) is 0 Å². The lowest BCUT2D eigenvalue weighted by molar-refractivity contribution is -0.259. The normalized spacial score (nSPS) is 15.9. The molecule has 0 spiro atoms. The first-order valence-electron chi connectivity index (χ1n) is 36.1. The fourth-order valence-electron chi connectivity index (χ4n) is 12.4. The Balaban J connectivity index is 1.94. The molecule has 2 rings (SSSR count). The summed E-state index contributed by atoms with van der Waals surface area (Å²) in [5.74, 6) is -1.52. The molecule has 2 aliphatic rings. The van der Waals surface area contributed by atoms with Gasteiger partial charge in [-0.2, -0.15) is 0 Å². The van der Waals surface area contributed by atoms with Crippen LogP contribution in [0.3, 0.4) is 0 Å². The molecule has 2 atom stereocenters. The number of hydrogen-bond donors (Lipinski definition) is 0. The zero-order chi connectivity index (χ0) is 59.2. The number of carbonyl (C=O) groups is 4. The second-order valence-corrected chi connectivity index (χ2v) is 25.5. The van der Waals surface area contributed by atoms with Gasteiger partial charge in [0.15, 0.2) is 0 Å². The summed E-state index contributed by atoms with van der Waals surface area (Å²) in [5.41, 5.74) is 0. The van der Waals surface area contributed by atoms with Gasteiger partial charge in [0.05, 0.1) is 25.7 Å². The molecule has 0 aromatic carbocycles. The third-order valence-corrected chi connectivity index (χ3v) is 17.6. The number of hydrogen-bond acceptors (Lipinski definition) is 11. The second-order valence-electron chi connectivity index (χ2n) is 25.5. The number of likely N-dealkylation sites (tertiary alicyclic amines) is 2. The number of ether oxygens (including phenoxy) is 5. The van der Waals surface area contributed by atoms with Crippen molar-refractivity contribution in [3.05, 3.63) is 0 Å². The van der Waals surface area contributed by atoms with Gasteiger partial charge in [-0.05, 0) is 90.3 Å². The lowest BCUT2D eigenvalue weighted by atomic mass is 9.97. The van der Waals surface area contributed by atoms with E-state index in [1.54, 1.807) is 0 Å². The molecule has 0 aliphatic carbocycles. The fraction of sp³-hybridized carbons (Fsp3) is 0.944. The zero-order valence-electron chi connectivity index (χ0n) is 54.8. The van der Waals surface area contributed by atoms with Gasteiger partial charge in [0, 0.05) is 45.2 Å². The molecule has 0 N–H and O–H groups in total. The number of rotatable bonds is 60. The van der Waals surface area contributed by atoms with E-state index in [-0.39, 0.29) is 36.1 Å². The lowest BCUT2D eigenvalue weighted by Gasteiger charge is -2.37. The molecule has 2 aliphatic heterocycles. The predicted molar refractivity (Wildman–Crippen MR) is 341 cm³/mol. The first-order chi connectivity index (χ1) is 40.2. The highest BCUT2D eigenvalue weighted by Crippen LogP contribution is 2.34. The Hall–Kier alpha value is -2.24. The Morgan fingerprint density at radius 3 is 1.34 bits per heavy atom. The topological polar surface area (TPSA) is 121 Å². The predicted octanol–water partition coefficient (Wildman–Crippen LogP) is 19.6. The van der Waals surface area contributed by atoms with Crippen LogP contribution < -0.4 is 0 Å². The van der Waals surface area contributed by atoms with E-state index in [1.165, 1.54) is 186 Å². The van der Waals surface area contributed by atoms with Crippen molar-refractivity contribution in [2.45, 2.75) is 386 Å². The summed E-state index contributed by atoms with van der Waals surface area (Å²) in [6.45, 7) is 16.2. The molecule has 1 unspecified atom stereocenters. The highest BCUT2D eigenvalue weighted by molar-refractivity contribution is 5.76. The molecule has 2 heterocycles. The molecule has 11 nitrogen and oxygen atoms in total. The molecule has 0 aromatic heterocycles. The average Bonchev–Trinajstić information content (AvgIpc) is 4.34. The van der Waals surface area contributed by atoms with E-state index in [0.29, 0.717) is 52.0 Å². The summed E-state index contributed by atoms with van der Waals surface area (Å²) >= 11 is 0. The van der Waals surface area contributed by atoms with Crippen LogP contribution in [-0.4, -0.2) is 104 Å². The standard InChI is InChI=1S/C71H134N2O9/c1-6-11-16-21-26-27-28-35-47-60-78-67(74)51-41-37-44-58-73-63-65(80-68(75)53-59-72-56-45-46-57-72)62-66(73)70(77)79-61-48-36-29-32-40-52-69(76)82-71(54-42-33-24-19-14-9-4,55-43-34-25-20-15-10-5)81-64(49-38-30-22-17-12-7-2)50-39-31-23-18-13-8-3/h64-66H,6-63H2,1-5H3/t65?,66-/m0/s1. The zero-order valence-corrected chi connectivity index (χ0v) is 54.8. The molecule has 2 fully saturated rings. The minimum atomic E-state index is -0.850. The maximum Gasteiger partial charge on any atom is 0.323 e. The molecule has 82 heavy (non-hydrogen) atoms. The third kappa shape index (κ3) is 41.7. The third-order valence-electron chi connectivity index (χ3n) is 17.6. The van der Waals surface area contributed by atoms with Crippen molar-refractivity contribution in [3.8, 4) is 0 Å². The SMILES string of the molecule is CCCCCCCCCCCOC(=O)CCCCCN1CC(OC(=O)CCN2CCCC2)C[C@H]1C(=O)OCCCCCCCC(=O)OC(CCCCCCCC)(CCCCCCCC)OC(CCCCCCCC)CCCCCCCC. The molecule has 0 saturated carbocycles. The molecule has 2 saturated heterocycles. The van der Waals surface area contributed by atoms with E-state index in [0.717, 1.165) is 135 Å². The molecule has 0 aromatic rings. The molecule has 11 heteroatoms. The minimum Gasteiger partial charge on any atom is -0.466 e. The summed E-state index contributed by atoms with van der Waals surface area (Å²) in [6.07, 6.45) is 55.0. The van der Waals surface area contributed by atoms with E-state index in [4.69, 9.17) is 23.7 Å². The van der Waals surface area contributed by atoms with Crippen LogP contribution >= 0.6 is 0 Å². The van der Waals surface area contributed by atoms with Crippen molar-refractivity contribution in [2.24, 2.45) is 0 Å². The lowest BCUT2D eigenvalue weighted by Crippen LogP contribution is -2.42.